The highest BCUT2D eigenvalue weighted by Crippen LogP contribution is 2.21. The molecule has 0 bridgehead atoms. The zero-order valence-corrected chi connectivity index (χ0v) is 12.1. The Morgan fingerprint density at radius 1 is 1.60 bits per heavy atom. The van der Waals surface area contributed by atoms with Crippen molar-refractivity contribution in [1.82, 2.24) is 15.2 Å². The predicted molar refractivity (Wildman–Crippen MR) is 72.6 cm³/mol. The number of aliphatic hydroxyl groups is 1. The number of nitrogens with one attached hydrogen (secondary N) is 1. The molecule has 1 unspecified atom stereocenters. The lowest BCUT2D eigenvalue weighted by Crippen LogP contribution is -2.46. The molecule has 20 heavy (non-hydrogen) atoms. The van der Waals surface area contributed by atoms with E-state index in [9.17, 15) is 14.7 Å². The van der Waals surface area contributed by atoms with Crippen molar-refractivity contribution < 1.29 is 19.8 Å². The van der Waals surface area contributed by atoms with Crippen molar-refractivity contribution in [2.75, 3.05) is 6.54 Å². The van der Waals surface area contributed by atoms with E-state index in [0.717, 1.165) is 15.6 Å². The van der Waals surface area contributed by atoms with Gasteiger partial charge < -0.3 is 20.4 Å². The topological polar surface area (TPSA) is 103 Å². The van der Waals surface area contributed by atoms with Crippen molar-refractivity contribution >= 4 is 23.3 Å². The van der Waals surface area contributed by atoms with Crippen LogP contribution in [0.3, 0.4) is 0 Å². The van der Waals surface area contributed by atoms with Gasteiger partial charge in [0.2, 0.25) is 0 Å². The first-order valence-electron chi connectivity index (χ1n) is 6.28. The Hall–Kier alpha value is -1.67. The number of carbonyl (C=O) groups excluding carboxylic acids is 1. The van der Waals surface area contributed by atoms with Gasteiger partial charge in [0.05, 0.1) is 12.1 Å². The average molecular weight is 299 g/mol. The summed E-state index contributed by atoms with van der Waals surface area (Å²) >= 11 is 1.44. The Bertz CT molecular complexity index is 519. The Balaban J connectivity index is 2.02. The van der Waals surface area contributed by atoms with Crippen molar-refractivity contribution in [2.45, 2.75) is 38.5 Å². The number of hydrogen-bond acceptors (Lipinski definition) is 5. The number of aryl methyl sites for hydroxylation is 1. The van der Waals surface area contributed by atoms with Gasteiger partial charge in [0.25, 0.3) is 0 Å². The van der Waals surface area contributed by atoms with Gasteiger partial charge in [-0.1, -0.05) is 0 Å². The van der Waals surface area contributed by atoms with Gasteiger partial charge in [0.15, 0.2) is 0 Å². The maximum absolute atomic E-state index is 12.1. The number of carboxylic acids is 1. The summed E-state index contributed by atoms with van der Waals surface area (Å²) in [6.07, 6.45) is -0.729. The van der Waals surface area contributed by atoms with E-state index in [1.807, 2.05) is 12.3 Å². The number of urea groups is 1. The summed E-state index contributed by atoms with van der Waals surface area (Å²) in [4.78, 5) is 28.6. The summed E-state index contributed by atoms with van der Waals surface area (Å²) in [5.74, 6) is -1.10. The van der Waals surface area contributed by atoms with Gasteiger partial charge in [-0.25, -0.2) is 14.6 Å². The van der Waals surface area contributed by atoms with Crippen molar-refractivity contribution in [3.8, 4) is 0 Å². The molecule has 0 aliphatic carbocycles. The maximum Gasteiger partial charge on any atom is 0.326 e. The number of hydrogen-bond donors (Lipinski definition) is 3. The summed E-state index contributed by atoms with van der Waals surface area (Å²) < 4.78 is 0. The van der Waals surface area contributed by atoms with Crippen molar-refractivity contribution in [2.24, 2.45) is 0 Å². The van der Waals surface area contributed by atoms with Crippen LogP contribution in [0.4, 0.5) is 4.79 Å². The van der Waals surface area contributed by atoms with Crippen molar-refractivity contribution in [1.29, 1.82) is 0 Å². The van der Waals surface area contributed by atoms with Crippen LogP contribution in [0.2, 0.25) is 0 Å². The van der Waals surface area contributed by atoms with Crippen LogP contribution >= 0.6 is 11.3 Å². The fourth-order valence-corrected chi connectivity index (χ4v) is 2.98. The van der Waals surface area contributed by atoms with Crippen LogP contribution in [-0.4, -0.2) is 50.8 Å². The van der Waals surface area contributed by atoms with Crippen LogP contribution in [-0.2, 0) is 4.79 Å². The smallest absolute Gasteiger partial charge is 0.326 e. The molecule has 2 rings (SSSR count). The number of thiazole rings is 1. The van der Waals surface area contributed by atoms with E-state index >= 15 is 0 Å². The van der Waals surface area contributed by atoms with Crippen LogP contribution in [0.25, 0.3) is 0 Å². The zero-order valence-electron chi connectivity index (χ0n) is 11.2. The van der Waals surface area contributed by atoms with E-state index in [1.54, 1.807) is 6.92 Å². The Morgan fingerprint density at radius 3 is 2.85 bits per heavy atom. The third-order valence-corrected chi connectivity index (χ3v) is 4.32. The van der Waals surface area contributed by atoms with Gasteiger partial charge in [-0.05, 0) is 13.8 Å². The maximum atomic E-state index is 12.1. The van der Waals surface area contributed by atoms with E-state index in [-0.39, 0.29) is 19.0 Å². The summed E-state index contributed by atoms with van der Waals surface area (Å²) in [6, 6.07) is -1.77. The molecule has 2 amide bonds. The average Bonchev–Trinajstić information content (AvgIpc) is 2.95. The highest BCUT2D eigenvalue weighted by Gasteiger charge is 2.39. The number of carbonyl (C=O) groups is 2. The molecule has 7 nitrogen and oxygen atoms in total. The van der Waals surface area contributed by atoms with Gasteiger partial charge in [-0.2, -0.15) is 0 Å². The second-order valence-corrected chi connectivity index (χ2v) is 5.78. The van der Waals surface area contributed by atoms with Gasteiger partial charge in [-0.15, -0.1) is 11.3 Å². The van der Waals surface area contributed by atoms with E-state index in [4.69, 9.17) is 5.11 Å². The highest BCUT2D eigenvalue weighted by molar-refractivity contribution is 7.09. The molecule has 0 aromatic carbocycles. The SMILES string of the molecule is Cc1csc(C(C)NC(=O)N2C[C@H](O)C[C@H]2C(=O)O)n1. The lowest BCUT2D eigenvalue weighted by Gasteiger charge is -2.23. The highest BCUT2D eigenvalue weighted by atomic mass is 32.1. The van der Waals surface area contributed by atoms with Crippen LogP contribution < -0.4 is 5.32 Å². The first-order valence-corrected chi connectivity index (χ1v) is 7.16. The molecule has 8 heteroatoms. The first kappa shape index (κ1) is 14.7. The number of likely N-dealkylation sites (tertiary alicyclic amines) is 1. The fraction of sp³-hybridized carbons (Fsp3) is 0.583. The van der Waals surface area contributed by atoms with Crippen molar-refractivity contribution in [3.05, 3.63) is 16.1 Å². The molecule has 2 heterocycles. The molecule has 1 aromatic rings. The number of rotatable bonds is 3. The van der Waals surface area contributed by atoms with Crippen LogP contribution in [0.5, 0.6) is 0 Å². The van der Waals surface area contributed by atoms with Gasteiger partial charge in [-0.3, -0.25) is 0 Å². The van der Waals surface area contributed by atoms with Crippen LogP contribution in [0.1, 0.15) is 30.1 Å². The van der Waals surface area contributed by atoms with Crippen molar-refractivity contribution in [3.63, 3.8) is 0 Å². The molecular weight excluding hydrogens is 282 g/mol. The van der Waals surface area contributed by atoms with E-state index in [2.05, 4.69) is 10.3 Å². The minimum Gasteiger partial charge on any atom is -0.480 e. The minimum atomic E-state index is -1.10. The summed E-state index contributed by atoms with van der Waals surface area (Å²) in [7, 11) is 0. The lowest BCUT2D eigenvalue weighted by molar-refractivity contribution is -0.141. The standard InChI is InChI=1S/C12H17N3O4S/c1-6-5-20-10(13-6)7(2)14-12(19)15-4-8(16)3-9(15)11(17)18/h5,7-9,16H,3-4H2,1-2H3,(H,14,19)(H,17,18)/t7?,8-,9+/m1/s1. The molecule has 0 spiro atoms. The number of nitrogens with zero attached hydrogens (tertiary/aromatic N) is 2. The summed E-state index contributed by atoms with van der Waals surface area (Å²) in [5, 5.41) is 24.0. The molecule has 0 radical (unpaired) electrons. The largest absolute Gasteiger partial charge is 0.480 e. The minimum absolute atomic E-state index is 0.0341. The fourth-order valence-electron chi connectivity index (χ4n) is 2.17. The molecule has 3 atom stereocenters. The number of aliphatic carboxylic acids is 1. The molecule has 3 N–H and O–H groups in total. The monoisotopic (exact) mass is 299 g/mol. The van der Waals surface area contributed by atoms with E-state index in [1.165, 1.54) is 11.3 Å². The number of amides is 2. The molecule has 1 aromatic heterocycles. The molecule has 1 fully saturated rings. The van der Waals surface area contributed by atoms with E-state index < -0.39 is 24.1 Å². The first-order chi connectivity index (χ1) is 9.38. The summed E-state index contributed by atoms with van der Waals surface area (Å²) in [6.45, 7) is 3.69. The predicted octanol–water partition coefficient (Wildman–Crippen LogP) is 0.742. The second kappa shape index (κ2) is 5.76. The lowest BCUT2D eigenvalue weighted by atomic mass is 10.2. The normalized spacial score (nSPS) is 23.6. The van der Waals surface area contributed by atoms with Gasteiger partial charge in [0, 0.05) is 24.0 Å². The second-order valence-electron chi connectivity index (χ2n) is 4.89. The van der Waals surface area contributed by atoms with Crippen LogP contribution in [0, 0.1) is 6.92 Å². The molecule has 1 saturated heterocycles. The van der Waals surface area contributed by atoms with Crippen LogP contribution in [0.15, 0.2) is 5.38 Å². The zero-order chi connectivity index (χ0) is 14.9. The van der Waals surface area contributed by atoms with E-state index in [0.29, 0.717) is 0 Å². The Morgan fingerprint density at radius 2 is 2.30 bits per heavy atom. The number of carboxylic acid groups (broad SMARTS) is 1. The molecule has 0 saturated carbocycles. The quantitative estimate of drug-likeness (QED) is 0.764. The molecule has 1 aliphatic rings. The Kier molecular flexibility index (Phi) is 4.24. The third-order valence-electron chi connectivity index (χ3n) is 3.17. The molecule has 1 aliphatic heterocycles. The number of β-amino-alcohol motifs (C(OH)–C–C–N with tert-alkyl or cyclic N) is 1. The third kappa shape index (κ3) is 3.07. The summed E-state index contributed by atoms with van der Waals surface area (Å²) in [5.41, 5.74) is 0.881. The Labute approximate surface area is 120 Å². The molecule has 110 valence electrons. The number of aliphatic hydroxyl groups excluding tert-OH is 1. The number of aromatic nitrogens is 1. The van der Waals surface area contributed by atoms with Gasteiger partial charge in [0.1, 0.15) is 11.0 Å². The van der Waals surface area contributed by atoms with Gasteiger partial charge >= 0.3 is 12.0 Å². The molecular formula is C12H17N3O4S.